The van der Waals surface area contributed by atoms with Gasteiger partial charge in [0.05, 0.1) is 13.2 Å². The fourth-order valence-electron chi connectivity index (χ4n) is 4.20. The van der Waals surface area contributed by atoms with Crippen molar-refractivity contribution < 1.29 is 13.9 Å². The molecule has 1 atom stereocenters. The van der Waals surface area contributed by atoms with Crippen molar-refractivity contribution >= 4 is 17.5 Å². The lowest BCUT2D eigenvalue weighted by atomic mass is 10.1. The Balaban J connectivity index is 1.67. The minimum Gasteiger partial charge on any atom is -0.496 e. The van der Waals surface area contributed by atoms with Gasteiger partial charge in [0.25, 0.3) is 0 Å². The van der Waals surface area contributed by atoms with Crippen LogP contribution in [0.2, 0.25) is 0 Å². The number of Topliss-reactive ketones (excluding diaryl/α,β-unsaturated/α-hetero) is 1. The molecule has 6 nitrogen and oxygen atoms in total. The third-order valence-corrected chi connectivity index (χ3v) is 7.08. The molecule has 0 spiro atoms. The number of likely N-dealkylation sites (tertiary alicyclic amines) is 1. The van der Waals surface area contributed by atoms with Crippen LogP contribution in [0, 0.1) is 5.82 Å². The number of thioether (sulfide) groups is 1. The average Bonchev–Trinajstić information content (AvgIpc) is 3.27. The number of aromatic nitrogens is 3. The molecule has 0 aliphatic carbocycles. The number of carbonyl (C=O) groups is 1. The van der Waals surface area contributed by atoms with Crippen LogP contribution in [0.25, 0.3) is 5.69 Å². The maximum absolute atomic E-state index is 13.6. The number of halogens is 1. The average molecular weight is 469 g/mol. The number of rotatable bonds is 8. The molecule has 0 bridgehead atoms. The third-order valence-electron chi connectivity index (χ3n) is 6.10. The number of ketones is 1. The molecule has 2 heterocycles. The van der Waals surface area contributed by atoms with Crippen LogP contribution in [0.15, 0.2) is 47.6 Å². The number of piperidine rings is 1. The van der Waals surface area contributed by atoms with Gasteiger partial charge in [-0.05, 0) is 82.2 Å². The lowest BCUT2D eigenvalue weighted by Crippen LogP contribution is -2.33. The van der Waals surface area contributed by atoms with E-state index in [9.17, 15) is 9.18 Å². The minimum atomic E-state index is -0.280. The van der Waals surface area contributed by atoms with Gasteiger partial charge in [-0.2, -0.15) is 0 Å². The van der Waals surface area contributed by atoms with Crippen molar-refractivity contribution in [3.05, 3.63) is 65.2 Å². The van der Waals surface area contributed by atoms with E-state index in [-0.39, 0.29) is 17.6 Å². The van der Waals surface area contributed by atoms with Crippen LogP contribution in [0.5, 0.6) is 5.75 Å². The standard InChI is InChI=1S/C25H29FN4O2S/c1-17(29-13-5-4-6-14-29)24-27-28-25(30(24)22-10-8-21(26)9-11-22)33-16-20-15-19(18(2)31)7-12-23(20)32-3/h7-12,15,17H,4-6,13-14,16H2,1-3H3. The Morgan fingerprint density at radius 1 is 1.12 bits per heavy atom. The smallest absolute Gasteiger partial charge is 0.196 e. The normalized spacial score (nSPS) is 15.4. The zero-order chi connectivity index (χ0) is 23.4. The Morgan fingerprint density at radius 2 is 1.85 bits per heavy atom. The van der Waals surface area contributed by atoms with Gasteiger partial charge in [0.1, 0.15) is 11.6 Å². The summed E-state index contributed by atoms with van der Waals surface area (Å²) in [7, 11) is 1.62. The molecular formula is C25H29FN4O2S. The molecule has 4 rings (SSSR count). The molecule has 3 aromatic rings. The second kappa shape index (κ2) is 10.5. The summed E-state index contributed by atoms with van der Waals surface area (Å²) in [5.74, 6) is 1.85. The maximum Gasteiger partial charge on any atom is 0.196 e. The van der Waals surface area contributed by atoms with Gasteiger partial charge >= 0.3 is 0 Å². The van der Waals surface area contributed by atoms with Crippen molar-refractivity contribution in [3.63, 3.8) is 0 Å². The fourth-order valence-corrected chi connectivity index (χ4v) is 5.14. The monoisotopic (exact) mass is 468 g/mol. The van der Waals surface area contributed by atoms with Gasteiger partial charge in [-0.15, -0.1) is 10.2 Å². The van der Waals surface area contributed by atoms with E-state index in [0.717, 1.165) is 41.1 Å². The molecular weight excluding hydrogens is 439 g/mol. The van der Waals surface area contributed by atoms with E-state index < -0.39 is 0 Å². The van der Waals surface area contributed by atoms with E-state index in [1.165, 1.54) is 43.2 Å². The van der Waals surface area contributed by atoms with Crippen LogP contribution in [0.1, 0.15) is 60.9 Å². The van der Waals surface area contributed by atoms with Crippen LogP contribution >= 0.6 is 11.8 Å². The largest absolute Gasteiger partial charge is 0.496 e. The van der Waals surface area contributed by atoms with Gasteiger partial charge in [-0.3, -0.25) is 14.3 Å². The highest BCUT2D eigenvalue weighted by molar-refractivity contribution is 7.98. The van der Waals surface area contributed by atoms with Gasteiger partial charge in [0.2, 0.25) is 0 Å². The molecule has 1 unspecified atom stereocenters. The van der Waals surface area contributed by atoms with Crippen LogP contribution < -0.4 is 4.74 Å². The highest BCUT2D eigenvalue weighted by Gasteiger charge is 2.25. The first-order valence-corrected chi connectivity index (χ1v) is 12.2. The van der Waals surface area contributed by atoms with E-state index in [2.05, 4.69) is 22.0 Å². The Labute approximate surface area is 198 Å². The lowest BCUT2D eigenvalue weighted by molar-refractivity contribution is 0.101. The molecule has 1 aliphatic heterocycles. The number of benzene rings is 2. The molecule has 1 saturated heterocycles. The van der Waals surface area contributed by atoms with E-state index in [0.29, 0.717) is 11.3 Å². The molecule has 0 saturated carbocycles. The summed E-state index contributed by atoms with van der Waals surface area (Å²) >= 11 is 1.52. The molecule has 2 aromatic carbocycles. The fraction of sp³-hybridized carbons (Fsp3) is 0.400. The summed E-state index contributed by atoms with van der Waals surface area (Å²) < 4.78 is 21.2. The maximum atomic E-state index is 13.6. The molecule has 1 aliphatic rings. The second-order valence-corrected chi connectivity index (χ2v) is 9.24. The molecule has 0 radical (unpaired) electrons. The van der Waals surface area contributed by atoms with Gasteiger partial charge in [-0.25, -0.2) is 4.39 Å². The van der Waals surface area contributed by atoms with Gasteiger partial charge in [-0.1, -0.05) is 18.2 Å². The quantitative estimate of drug-likeness (QED) is 0.323. The first-order chi connectivity index (χ1) is 16.0. The molecule has 0 N–H and O–H groups in total. The summed E-state index contributed by atoms with van der Waals surface area (Å²) in [6, 6.07) is 12.0. The summed E-state index contributed by atoms with van der Waals surface area (Å²) in [6.07, 6.45) is 3.63. The highest BCUT2D eigenvalue weighted by Crippen LogP contribution is 2.33. The summed E-state index contributed by atoms with van der Waals surface area (Å²) in [5.41, 5.74) is 2.38. The highest BCUT2D eigenvalue weighted by atomic mass is 32.2. The predicted octanol–water partition coefficient (Wildman–Crippen LogP) is 5.46. The molecule has 0 amide bonds. The Morgan fingerprint density at radius 3 is 2.52 bits per heavy atom. The van der Waals surface area contributed by atoms with Gasteiger partial charge in [0.15, 0.2) is 16.8 Å². The first-order valence-electron chi connectivity index (χ1n) is 11.2. The Bertz CT molecular complexity index is 1110. The first kappa shape index (κ1) is 23.4. The van der Waals surface area contributed by atoms with Crippen molar-refractivity contribution in [1.82, 2.24) is 19.7 Å². The van der Waals surface area contributed by atoms with Crippen molar-refractivity contribution in [2.45, 2.75) is 50.1 Å². The number of nitrogens with zero attached hydrogens (tertiary/aromatic N) is 4. The van der Waals surface area contributed by atoms with E-state index in [1.807, 2.05) is 16.7 Å². The van der Waals surface area contributed by atoms with Crippen LogP contribution in [0.3, 0.4) is 0 Å². The van der Waals surface area contributed by atoms with Crippen molar-refractivity contribution in [2.75, 3.05) is 20.2 Å². The molecule has 33 heavy (non-hydrogen) atoms. The SMILES string of the molecule is COc1ccc(C(C)=O)cc1CSc1nnc(C(C)N2CCCCC2)n1-c1ccc(F)cc1. The lowest BCUT2D eigenvalue weighted by Gasteiger charge is -2.31. The van der Waals surface area contributed by atoms with Gasteiger partial charge < -0.3 is 4.74 Å². The van der Waals surface area contributed by atoms with Gasteiger partial charge in [0, 0.05) is 22.6 Å². The topological polar surface area (TPSA) is 60.2 Å². The zero-order valence-electron chi connectivity index (χ0n) is 19.3. The van der Waals surface area contributed by atoms with E-state index >= 15 is 0 Å². The third kappa shape index (κ3) is 5.28. The van der Waals surface area contributed by atoms with E-state index in [1.54, 1.807) is 32.2 Å². The Hall–Kier alpha value is -2.71. The van der Waals surface area contributed by atoms with Crippen molar-refractivity contribution in [1.29, 1.82) is 0 Å². The van der Waals surface area contributed by atoms with Crippen LogP contribution in [0.4, 0.5) is 4.39 Å². The summed E-state index contributed by atoms with van der Waals surface area (Å²) in [4.78, 5) is 14.3. The van der Waals surface area contributed by atoms with Crippen LogP contribution in [-0.2, 0) is 5.75 Å². The number of hydrogen-bond donors (Lipinski definition) is 0. The van der Waals surface area contributed by atoms with Crippen LogP contribution in [-0.4, -0.2) is 45.6 Å². The van der Waals surface area contributed by atoms with Crippen molar-refractivity contribution in [3.8, 4) is 11.4 Å². The number of methoxy groups -OCH3 is 1. The predicted molar refractivity (Wildman–Crippen MR) is 128 cm³/mol. The summed E-state index contributed by atoms with van der Waals surface area (Å²) in [5, 5.41) is 9.79. The Kier molecular flexibility index (Phi) is 7.45. The zero-order valence-corrected chi connectivity index (χ0v) is 20.1. The number of carbonyl (C=O) groups excluding carboxylic acids is 1. The minimum absolute atomic E-state index is 0.0102. The number of hydrogen-bond acceptors (Lipinski definition) is 6. The van der Waals surface area contributed by atoms with E-state index in [4.69, 9.17) is 4.74 Å². The second-order valence-electron chi connectivity index (χ2n) is 8.30. The van der Waals surface area contributed by atoms with Crippen molar-refractivity contribution in [2.24, 2.45) is 0 Å². The number of ether oxygens (including phenoxy) is 1. The molecule has 174 valence electrons. The molecule has 1 fully saturated rings. The molecule has 1 aromatic heterocycles. The molecule has 8 heteroatoms. The summed E-state index contributed by atoms with van der Waals surface area (Å²) in [6.45, 7) is 5.78.